The van der Waals surface area contributed by atoms with Crippen LogP contribution in [0.15, 0.2) is 24.3 Å². The van der Waals surface area contributed by atoms with Gasteiger partial charge in [-0.05, 0) is 38.4 Å². The van der Waals surface area contributed by atoms with Crippen molar-refractivity contribution in [3.63, 3.8) is 0 Å². The van der Waals surface area contributed by atoms with E-state index in [2.05, 4.69) is 5.32 Å². The molecule has 23 heavy (non-hydrogen) atoms. The van der Waals surface area contributed by atoms with Crippen molar-refractivity contribution < 1.29 is 14.4 Å². The van der Waals surface area contributed by atoms with E-state index in [1.807, 2.05) is 4.90 Å². The monoisotopic (exact) mass is 317 g/mol. The number of hydrogen-bond donors (Lipinski definition) is 1. The summed E-state index contributed by atoms with van der Waals surface area (Å²) in [5, 5.41) is 2.78. The summed E-state index contributed by atoms with van der Waals surface area (Å²) < 4.78 is 0. The standard InChI is InChI=1S/C17H23N3O3/c1-12(21)13-7-4-5-8-14(13)18-16(22)11-20-10-6-9-15(20)17(23)19(2)3/h4-5,7-8,15H,6,9-11H2,1-3H3,(H,18,22)/t15-/m0/s1. The Bertz CT molecular complexity index is 613. The van der Waals surface area contributed by atoms with Crippen LogP contribution < -0.4 is 5.32 Å². The fraction of sp³-hybridized carbons (Fsp3) is 0.471. The summed E-state index contributed by atoms with van der Waals surface area (Å²) in [4.78, 5) is 39.5. The Hall–Kier alpha value is -2.21. The smallest absolute Gasteiger partial charge is 0.239 e. The molecule has 0 aromatic heterocycles. The number of likely N-dealkylation sites (tertiary alicyclic amines) is 1. The molecular weight excluding hydrogens is 294 g/mol. The predicted molar refractivity (Wildman–Crippen MR) is 88.4 cm³/mol. The lowest BCUT2D eigenvalue weighted by atomic mass is 10.1. The molecule has 0 unspecified atom stereocenters. The summed E-state index contributed by atoms with van der Waals surface area (Å²) in [6.45, 7) is 2.35. The number of benzene rings is 1. The lowest BCUT2D eigenvalue weighted by Gasteiger charge is -2.25. The van der Waals surface area contributed by atoms with E-state index in [4.69, 9.17) is 0 Å². The summed E-state index contributed by atoms with van der Waals surface area (Å²) >= 11 is 0. The first-order chi connectivity index (χ1) is 10.9. The normalized spacial score (nSPS) is 17.8. The van der Waals surface area contributed by atoms with Crippen molar-refractivity contribution in [3.8, 4) is 0 Å². The number of carbonyl (C=O) groups excluding carboxylic acids is 3. The topological polar surface area (TPSA) is 69.7 Å². The van der Waals surface area contributed by atoms with E-state index in [1.165, 1.54) is 6.92 Å². The summed E-state index contributed by atoms with van der Waals surface area (Å²) in [5.41, 5.74) is 1.00. The molecule has 1 heterocycles. The molecule has 2 amide bonds. The van der Waals surface area contributed by atoms with Crippen LogP contribution in [-0.2, 0) is 9.59 Å². The highest BCUT2D eigenvalue weighted by atomic mass is 16.2. The summed E-state index contributed by atoms with van der Waals surface area (Å²) in [7, 11) is 3.45. The molecule has 0 spiro atoms. The number of anilines is 1. The number of amides is 2. The van der Waals surface area contributed by atoms with E-state index in [-0.39, 0.29) is 30.2 Å². The van der Waals surface area contributed by atoms with Crippen LogP contribution in [0.5, 0.6) is 0 Å². The summed E-state index contributed by atoms with van der Waals surface area (Å²) in [5.74, 6) is -0.278. The molecule has 0 radical (unpaired) electrons. The van der Waals surface area contributed by atoms with Crippen LogP contribution >= 0.6 is 0 Å². The van der Waals surface area contributed by atoms with Crippen LogP contribution in [0.1, 0.15) is 30.1 Å². The molecule has 1 atom stereocenters. The fourth-order valence-electron chi connectivity index (χ4n) is 2.87. The number of nitrogens with one attached hydrogen (secondary N) is 1. The second-order valence-corrected chi connectivity index (χ2v) is 6.01. The van der Waals surface area contributed by atoms with E-state index < -0.39 is 0 Å². The molecule has 1 aromatic rings. The minimum absolute atomic E-state index is 0.0273. The summed E-state index contributed by atoms with van der Waals surface area (Å²) in [6, 6.07) is 6.70. The van der Waals surface area contributed by atoms with Crippen molar-refractivity contribution in [2.24, 2.45) is 0 Å². The largest absolute Gasteiger partial charge is 0.347 e. The van der Waals surface area contributed by atoms with Gasteiger partial charge < -0.3 is 10.2 Å². The van der Waals surface area contributed by atoms with E-state index in [0.717, 1.165) is 19.4 Å². The third-order valence-corrected chi connectivity index (χ3v) is 4.02. The molecule has 1 aromatic carbocycles. The van der Waals surface area contributed by atoms with Crippen LogP contribution in [0.2, 0.25) is 0 Å². The molecule has 1 aliphatic rings. The number of Topliss-reactive ketones (excluding diaryl/α,β-unsaturated/α-hetero) is 1. The first kappa shape index (κ1) is 17.1. The zero-order chi connectivity index (χ0) is 17.0. The van der Waals surface area contributed by atoms with Crippen LogP contribution in [0, 0.1) is 0 Å². The number of hydrogen-bond acceptors (Lipinski definition) is 4. The van der Waals surface area contributed by atoms with Crippen molar-refractivity contribution in [2.75, 3.05) is 32.5 Å². The zero-order valence-electron chi connectivity index (χ0n) is 13.8. The third-order valence-electron chi connectivity index (χ3n) is 4.02. The number of nitrogens with zero attached hydrogens (tertiary/aromatic N) is 2. The molecule has 1 aliphatic heterocycles. The second kappa shape index (κ2) is 7.37. The van der Waals surface area contributed by atoms with Crippen molar-refractivity contribution in [3.05, 3.63) is 29.8 Å². The zero-order valence-corrected chi connectivity index (χ0v) is 13.8. The maximum Gasteiger partial charge on any atom is 0.239 e. The highest BCUT2D eigenvalue weighted by Crippen LogP contribution is 2.19. The van der Waals surface area contributed by atoms with Gasteiger partial charge in [-0.2, -0.15) is 0 Å². The van der Waals surface area contributed by atoms with Crippen LogP contribution in [0.3, 0.4) is 0 Å². The van der Waals surface area contributed by atoms with Gasteiger partial charge in [0.25, 0.3) is 0 Å². The van der Waals surface area contributed by atoms with E-state index in [9.17, 15) is 14.4 Å². The van der Waals surface area contributed by atoms with Gasteiger partial charge in [0.2, 0.25) is 11.8 Å². The molecule has 0 bridgehead atoms. The van der Waals surface area contributed by atoms with Gasteiger partial charge in [-0.1, -0.05) is 12.1 Å². The van der Waals surface area contributed by atoms with Gasteiger partial charge in [0.1, 0.15) is 0 Å². The molecule has 2 rings (SSSR count). The first-order valence-electron chi connectivity index (χ1n) is 7.75. The van der Waals surface area contributed by atoms with E-state index in [1.54, 1.807) is 43.3 Å². The Labute approximate surface area is 136 Å². The van der Waals surface area contributed by atoms with Gasteiger partial charge in [-0.25, -0.2) is 0 Å². The van der Waals surface area contributed by atoms with Crippen molar-refractivity contribution in [1.29, 1.82) is 0 Å². The molecule has 124 valence electrons. The Kier molecular flexibility index (Phi) is 5.50. The van der Waals surface area contributed by atoms with E-state index in [0.29, 0.717) is 11.3 Å². The molecular formula is C17H23N3O3. The van der Waals surface area contributed by atoms with Gasteiger partial charge >= 0.3 is 0 Å². The molecule has 1 fully saturated rings. The van der Waals surface area contributed by atoms with Crippen LogP contribution in [0.4, 0.5) is 5.69 Å². The van der Waals surface area contributed by atoms with Crippen molar-refractivity contribution >= 4 is 23.3 Å². The number of likely N-dealkylation sites (N-methyl/N-ethyl adjacent to an activating group) is 1. The fourth-order valence-corrected chi connectivity index (χ4v) is 2.87. The number of carbonyl (C=O) groups is 3. The Morgan fingerprint density at radius 1 is 1.26 bits per heavy atom. The second-order valence-electron chi connectivity index (χ2n) is 6.01. The molecule has 1 saturated heterocycles. The molecule has 0 aliphatic carbocycles. The minimum atomic E-state index is -0.237. The Morgan fingerprint density at radius 3 is 2.61 bits per heavy atom. The molecule has 1 N–H and O–H groups in total. The quantitative estimate of drug-likeness (QED) is 0.833. The minimum Gasteiger partial charge on any atom is -0.347 e. The Balaban J connectivity index is 2.02. The first-order valence-corrected chi connectivity index (χ1v) is 7.75. The van der Waals surface area contributed by atoms with Crippen LogP contribution in [-0.4, -0.2) is 60.6 Å². The molecule has 0 saturated carbocycles. The summed E-state index contributed by atoms with van der Waals surface area (Å²) in [6.07, 6.45) is 1.68. The number of para-hydroxylation sites is 1. The van der Waals surface area contributed by atoms with Crippen molar-refractivity contribution in [1.82, 2.24) is 9.80 Å². The number of ketones is 1. The Morgan fingerprint density at radius 2 is 1.96 bits per heavy atom. The van der Waals surface area contributed by atoms with Crippen LogP contribution in [0.25, 0.3) is 0 Å². The maximum absolute atomic E-state index is 12.3. The predicted octanol–water partition coefficient (Wildman–Crippen LogP) is 1.38. The third kappa shape index (κ3) is 4.16. The van der Waals surface area contributed by atoms with E-state index >= 15 is 0 Å². The highest BCUT2D eigenvalue weighted by molar-refractivity contribution is 6.04. The molecule has 6 nitrogen and oxygen atoms in total. The highest BCUT2D eigenvalue weighted by Gasteiger charge is 2.32. The average Bonchev–Trinajstić information content (AvgIpc) is 2.94. The number of rotatable bonds is 5. The molecule has 6 heteroatoms. The van der Waals surface area contributed by atoms with Gasteiger partial charge in [0.15, 0.2) is 5.78 Å². The van der Waals surface area contributed by atoms with Crippen molar-refractivity contribution in [2.45, 2.75) is 25.8 Å². The van der Waals surface area contributed by atoms with Gasteiger partial charge in [-0.15, -0.1) is 0 Å². The van der Waals surface area contributed by atoms with Gasteiger partial charge in [-0.3, -0.25) is 19.3 Å². The SMILES string of the molecule is CC(=O)c1ccccc1NC(=O)CN1CCC[C@H]1C(=O)N(C)C. The lowest BCUT2D eigenvalue weighted by molar-refractivity contribution is -0.133. The maximum atomic E-state index is 12.3. The van der Waals surface area contributed by atoms with Gasteiger partial charge in [0, 0.05) is 19.7 Å². The average molecular weight is 317 g/mol. The lowest BCUT2D eigenvalue weighted by Crippen LogP contribution is -2.45. The van der Waals surface area contributed by atoms with Gasteiger partial charge in [0.05, 0.1) is 18.3 Å².